The molecule has 0 radical (unpaired) electrons. The second-order valence-corrected chi connectivity index (χ2v) is 6.82. The van der Waals surface area contributed by atoms with Crippen molar-refractivity contribution in [2.45, 2.75) is 65.8 Å². The standard InChI is InChI=1S/C17H28O6.C4H10O2/c1-11(2)16(18)22-9-14(6)20-8-13(5)21-10-15(7)23-17(19)12(3)4;5-3-1-2-4-6/h13-15H,1,3,8-10H2,2,4-7H3;5-6H,1-4H2. The topological polar surface area (TPSA) is 112 Å². The molecule has 0 aliphatic carbocycles. The molecule has 0 saturated carbocycles. The smallest absolute Gasteiger partial charge is 0.333 e. The van der Waals surface area contributed by atoms with E-state index in [4.69, 9.17) is 29.2 Å². The summed E-state index contributed by atoms with van der Waals surface area (Å²) in [5.41, 5.74) is 0.707. The molecule has 0 aliphatic heterocycles. The van der Waals surface area contributed by atoms with Crippen LogP contribution in [0.4, 0.5) is 0 Å². The number of rotatable bonds is 14. The lowest BCUT2D eigenvalue weighted by Crippen LogP contribution is -2.28. The molecule has 0 bridgehead atoms. The summed E-state index contributed by atoms with van der Waals surface area (Å²) < 4.78 is 21.2. The number of carbonyl (C=O) groups is 2. The molecule has 0 saturated heterocycles. The van der Waals surface area contributed by atoms with E-state index in [1.165, 1.54) is 0 Å². The maximum atomic E-state index is 11.3. The number of esters is 2. The first-order valence-electron chi connectivity index (χ1n) is 9.69. The number of hydrogen-bond acceptors (Lipinski definition) is 8. The predicted molar refractivity (Wildman–Crippen MR) is 110 cm³/mol. The lowest BCUT2D eigenvalue weighted by Gasteiger charge is -2.20. The normalized spacial score (nSPS) is 13.3. The molecule has 29 heavy (non-hydrogen) atoms. The van der Waals surface area contributed by atoms with Crippen LogP contribution >= 0.6 is 0 Å². The van der Waals surface area contributed by atoms with Crippen LogP contribution in [-0.2, 0) is 28.5 Å². The van der Waals surface area contributed by atoms with Gasteiger partial charge in [-0.05, 0) is 47.5 Å². The Morgan fingerprint density at radius 2 is 1.17 bits per heavy atom. The molecule has 0 spiro atoms. The Morgan fingerprint density at radius 3 is 1.59 bits per heavy atom. The number of hydrogen-bond donors (Lipinski definition) is 2. The summed E-state index contributed by atoms with van der Waals surface area (Å²) >= 11 is 0. The summed E-state index contributed by atoms with van der Waals surface area (Å²) in [5, 5.41) is 16.2. The van der Waals surface area contributed by atoms with Crippen LogP contribution in [0.2, 0.25) is 0 Å². The Labute approximate surface area is 174 Å². The van der Waals surface area contributed by atoms with Crippen LogP contribution in [0.25, 0.3) is 0 Å². The second-order valence-electron chi connectivity index (χ2n) is 6.82. The summed E-state index contributed by atoms with van der Waals surface area (Å²) in [6.45, 7) is 16.7. The molecule has 170 valence electrons. The van der Waals surface area contributed by atoms with Crippen LogP contribution in [0.5, 0.6) is 0 Å². The second kappa shape index (κ2) is 18.3. The number of aliphatic hydroxyl groups is 2. The highest BCUT2D eigenvalue weighted by Gasteiger charge is 2.14. The molecular formula is C21H38O8. The average Bonchev–Trinajstić information content (AvgIpc) is 2.67. The maximum absolute atomic E-state index is 11.3. The molecular weight excluding hydrogens is 380 g/mol. The summed E-state index contributed by atoms with van der Waals surface area (Å²) in [6.07, 6.45) is 0.645. The van der Waals surface area contributed by atoms with Crippen molar-refractivity contribution < 1.29 is 38.7 Å². The van der Waals surface area contributed by atoms with E-state index in [1.807, 2.05) is 6.92 Å². The van der Waals surface area contributed by atoms with Crippen LogP contribution < -0.4 is 0 Å². The highest BCUT2D eigenvalue weighted by molar-refractivity contribution is 5.87. The van der Waals surface area contributed by atoms with Gasteiger partial charge >= 0.3 is 11.9 Å². The van der Waals surface area contributed by atoms with Gasteiger partial charge in [-0.3, -0.25) is 0 Å². The fourth-order valence-corrected chi connectivity index (χ4v) is 1.55. The highest BCUT2D eigenvalue weighted by atomic mass is 16.6. The van der Waals surface area contributed by atoms with Gasteiger partial charge in [0.25, 0.3) is 0 Å². The number of unbranched alkanes of at least 4 members (excludes halogenated alkanes) is 1. The molecule has 0 aromatic heterocycles. The predicted octanol–water partition coefficient (Wildman–Crippen LogP) is 2.17. The lowest BCUT2D eigenvalue weighted by molar-refractivity contribution is -0.149. The van der Waals surface area contributed by atoms with Gasteiger partial charge in [0.15, 0.2) is 0 Å². The van der Waals surface area contributed by atoms with E-state index in [1.54, 1.807) is 27.7 Å². The zero-order chi connectivity index (χ0) is 22.8. The molecule has 0 rings (SSSR count). The molecule has 0 aromatic carbocycles. The summed E-state index contributed by atoms with van der Waals surface area (Å²) in [5.74, 6) is -0.865. The van der Waals surface area contributed by atoms with E-state index in [0.717, 1.165) is 12.8 Å². The van der Waals surface area contributed by atoms with Crippen LogP contribution in [0.1, 0.15) is 47.5 Å². The van der Waals surface area contributed by atoms with Crippen molar-refractivity contribution in [1.29, 1.82) is 0 Å². The Bertz CT molecular complexity index is 485. The zero-order valence-corrected chi connectivity index (χ0v) is 18.4. The summed E-state index contributed by atoms with van der Waals surface area (Å²) in [4.78, 5) is 22.6. The average molecular weight is 419 g/mol. The number of carbonyl (C=O) groups excluding carboxylic acids is 2. The van der Waals surface area contributed by atoms with Crippen molar-refractivity contribution in [3.63, 3.8) is 0 Å². The molecule has 8 nitrogen and oxygen atoms in total. The third kappa shape index (κ3) is 19.4. The van der Waals surface area contributed by atoms with E-state index in [2.05, 4.69) is 13.2 Å². The zero-order valence-electron chi connectivity index (χ0n) is 18.4. The molecule has 0 fully saturated rings. The van der Waals surface area contributed by atoms with Gasteiger partial charge in [-0.2, -0.15) is 0 Å². The highest BCUT2D eigenvalue weighted by Crippen LogP contribution is 2.03. The summed E-state index contributed by atoms with van der Waals surface area (Å²) in [6, 6.07) is 0. The Hall–Kier alpha value is -1.74. The van der Waals surface area contributed by atoms with Gasteiger partial charge in [-0.1, -0.05) is 13.2 Å². The van der Waals surface area contributed by atoms with Gasteiger partial charge in [0.1, 0.15) is 12.7 Å². The first kappa shape index (κ1) is 29.5. The number of aliphatic hydroxyl groups excluding tert-OH is 2. The Balaban J connectivity index is 0. The van der Waals surface area contributed by atoms with Crippen molar-refractivity contribution in [2.24, 2.45) is 0 Å². The van der Waals surface area contributed by atoms with Gasteiger partial charge in [0, 0.05) is 24.4 Å². The third-order valence-electron chi connectivity index (χ3n) is 3.25. The lowest BCUT2D eigenvalue weighted by atomic mass is 10.3. The van der Waals surface area contributed by atoms with Gasteiger partial charge in [0.2, 0.25) is 0 Å². The molecule has 2 N–H and O–H groups in total. The number of ether oxygens (including phenoxy) is 4. The monoisotopic (exact) mass is 418 g/mol. The molecule has 3 unspecified atom stereocenters. The Kier molecular flexibility index (Phi) is 18.6. The van der Waals surface area contributed by atoms with E-state index in [0.29, 0.717) is 17.8 Å². The van der Waals surface area contributed by atoms with Crippen molar-refractivity contribution >= 4 is 11.9 Å². The van der Waals surface area contributed by atoms with Gasteiger partial charge in [-0.15, -0.1) is 0 Å². The molecule has 0 aliphatic rings. The molecule has 0 aromatic rings. The molecule has 0 amide bonds. The fourth-order valence-electron chi connectivity index (χ4n) is 1.55. The van der Waals surface area contributed by atoms with Crippen molar-refractivity contribution in [3.8, 4) is 0 Å². The van der Waals surface area contributed by atoms with Crippen molar-refractivity contribution in [3.05, 3.63) is 24.3 Å². The fraction of sp³-hybridized carbons (Fsp3) is 0.714. The molecule has 0 heterocycles. The first-order valence-corrected chi connectivity index (χ1v) is 9.69. The van der Waals surface area contributed by atoms with E-state index < -0.39 is 11.9 Å². The first-order chi connectivity index (χ1) is 13.5. The van der Waals surface area contributed by atoms with Crippen LogP contribution in [0, 0.1) is 0 Å². The minimum atomic E-state index is -0.432. The molecule has 3 atom stereocenters. The van der Waals surface area contributed by atoms with Gasteiger partial charge in [-0.25, -0.2) is 9.59 Å². The largest absolute Gasteiger partial charge is 0.460 e. The van der Waals surface area contributed by atoms with E-state index >= 15 is 0 Å². The van der Waals surface area contributed by atoms with Crippen molar-refractivity contribution in [1.82, 2.24) is 0 Å². The quantitative estimate of drug-likeness (QED) is 0.251. The van der Waals surface area contributed by atoms with Crippen LogP contribution in [-0.4, -0.2) is 73.5 Å². The van der Waals surface area contributed by atoms with E-state index in [-0.39, 0.29) is 44.7 Å². The summed E-state index contributed by atoms with van der Waals surface area (Å²) in [7, 11) is 0. The minimum absolute atomic E-state index is 0.158. The van der Waals surface area contributed by atoms with Crippen LogP contribution in [0.15, 0.2) is 24.3 Å². The van der Waals surface area contributed by atoms with Gasteiger partial charge in [0.05, 0.1) is 25.4 Å². The molecule has 8 heteroatoms. The minimum Gasteiger partial charge on any atom is -0.460 e. The van der Waals surface area contributed by atoms with E-state index in [9.17, 15) is 9.59 Å². The third-order valence-corrected chi connectivity index (χ3v) is 3.25. The van der Waals surface area contributed by atoms with Crippen molar-refractivity contribution in [2.75, 3.05) is 33.0 Å². The Morgan fingerprint density at radius 1 is 0.759 bits per heavy atom. The van der Waals surface area contributed by atoms with Crippen LogP contribution in [0.3, 0.4) is 0 Å². The maximum Gasteiger partial charge on any atom is 0.333 e. The van der Waals surface area contributed by atoms with Gasteiger partial charge < -0.3 is 29.2 Å². The SMILES string of the molecule is C=C(C)C(=O)OCC(C)OCC(C)OCC(C)OC(=O)C(=C)C.OCCCCO.